The van der Waals surface area contributed by atoms with Crippen LogP contribution in [0, 0.1) is 11.3 Å². The SMILES string of the molecule is CO[C@@H]1CN(C(=O)c2cccc(CC#N)c2)C[C@H]1c1cn[nH]n1. The van der Waals surface area contributed by atoms with Gasteiger partial charge < -0.3 is 9.64 Å². The Bertz CT molecular complexity index is 722. The van der Waals surface area contributed by atoms with Crippen LogP contribution in [0.25, 0.3) is 0 Å². The van der Waals surface area contributed by atoms with Crippen LogP contribution in [0.15, 0.2) is 30.5 Å². The van der Waals surface area contributed by atoms with E-state index in [1.54, 1.807) is 36.4 Å². The first-order chi connectivity index (χ1) is 11.2. The van der Waals surface area contributed by atoms with Crippen molar-refractivity contribution in [1.82, 2.24) is 20.3 Å². The number of carbonyl (C=O) groups is 1. The summed E-state index contributed by atoms with van der Waals surface area (Å²) >= 11 is 0. The van der Waals surface area contributed by atoms with Crippen LogP contribution in [0.3, 0.4) is 0 Å². The molecule has 1 aromatic carbocycles. The largest absolute Gasteiger partial charge is 0.379 e. The molecule has 1 saturated heterocycles. The molecule has 118 valence electrons. The van der Waals surface area contributed by atoms with Gasteiger partial charge in [-0.1, -0.05) is 12.1 Å². The van der Waals surface area contributed by atoms with Gasteiger partial charge in [0.25, 0.3) is 5.91 Å². The van der Waals surface area contributed by atoms with Gasteiger partial charge in [-0.25, -0.2) is 0 Å². The van der Waals surface area contributed by atoms with Crippen molar-refractivity contribution in [3.8, 4) is 6.07 Å². The van der Waals surface area contributed by atoms with Crippen molar-refractivity contribution >= 4 is 5.91 Å². The molecule has 2 heterocycles. The average molecular weight is 311 g/mol. The lowest BCUT2D eigenvalue weighted by molar-refractivity contribution is 0.0714. The number of nitrogens with zero attached hydrogens (tertiary/aromatic N) is 4. The first-order valence-corrected chi connectivity index (χ1v) is 7.36. The molecule has 23 heavy (non-hydrogen) atoms. The Morgan fingerprint density at radius 1 is 1.52 bits per heavy atom. The number of carbonyl (C=O) groups excluding carboxylic acids is 1. The molecule has 0 bridgehead atoms. The topological polar surface area (TPSA) is 94.9 Å². The third-order valence-electron chi connectivity index (χ3n) is 4.13. The van der Waals surface area contributed by atoms with Gasteiger partial charge in [0, 0.05) is 25.8 Å². The zero-order valence-electron chi connectivity index (χ0n) is 12.8. The molecule has 1 N–H and O–H groups in total. The number of hydrogen-bond acceptors (Lipinski definition) is 5. The lowest BCUT2D eigenvalue weighted by Crippen LogP contribution is -2.30. The second-order valence-corrected chi connectivity index (χ2v) is 5.52. The Morgan fingerprint density at radius 3 is 3.09 bits per heavy atom. The van der Waals surface area contributed by atoms with Crippen molar-refractivity contribution in [2.24, 2.45) is 0 Å². The number of nitrogens with one attached hydrogen (secondary N) is 1. The molecule has 0 spiro atoms. The summed E-state index contributed by atoms with van der Waals surface area (Å²) in [6.07, 6.45) is 1.85. The number of amides is 1. The van der Waals surface area contributed by atoms with E-state index in [1.165, 1.54) is 0 Å². The number of ether oxygens (including phenoxy) is 1. The number of aromatic amines is 1. The summed E-state index contributed by atoms with van der Waals surface area (Å²) in [5.74, 6) is -0.0529. The van der Waals surface area contributed by atoms with Crippen LogP contribution in [0.1, 0.15) is 27.5 Å². The van der Waals surface area contributed by atoms with Crippen molar-refractivity contribution in [3.63, 3.8) is 0 Å². The van der Waals surface area contributed by atoms with E-state index in [0.717, 1.165) is 11.3 Å². The summed E-state index contributed by atoms with van der Waals surface area (Å²) in [4.78, 5) is 14.5. The third kappa shape index (κ3) is 3.07. The Hall–Kier alpha value is -2.72. The van der Waals surface area contributed by atoms with Crippen molar-refractivity contribution in [2.75, 3.05) is 20.2 Å². The van der Waals surface area contributed by atoms with Gasteiger partial charge in [0.2, 0.25) is 0 Å². The number of methoxy groups -OCH3 is 1. The van der Waals surface area contributed by atoms with Gasteiger partial charge in [0.1, 0.15) is 0 Å². The first-order valence-electron chi connectivity index (χ1n) is 7.36. The summed E-state index contributed by atoms with van der Waals surface area (Å²) in [5.41, 5.74) is 2.23. The summed E-state index contributed by atoms with van der Waals surface area (Å²) in [7, 11) is 1.64. The van der Waals surface area contributed by atoms with Crippen molar-refractivity contribution in [2.45, 2.75) is 18.4 Å². The summed E-state index contributed by atoms with van der Waals surface area (Å²) in [5, 5.41) is 19.3. The number of benzene rings is 1. The lowest BCUT2D eigenvalue weighted by Gasteiger charge is -2.16. The van der Waals surface area contributed by atoms with Crippen molar-refractivity contribution in [1.29, 1.82) is 5.26 Å². The molecule has 1 aliphatic rings. The van der Waals surface area contributed by atoms with Crippen LogP contribution in [-0.4, -0.2) is 52.5 Å². The highest BCUT2D eigenvalue weighted by Crippen LogP contribution is 2.28. The van der Waals surface area contributed by atoms with Gasteiger partial charge in [-0.05, 0) is 17.7 Å². The summed E-state index contributed by atoms with van der Waals surface area (Å²) in [6, 6.07) is 9.30. The molecule has 7 heteroatoms. The van der Waals surface area contributed by atoms with Gasteiger partial charge in [-0.2, -0.15) is 20.7 Å². The number of hydrogen-bond donors (Lipinski definition) is 1. The van der Waals surface area contributed by atoms with Crippen LogP contribution < -0.4 is 0 Å². The van der Waals surface area contributed by atoms with Gasteiger partial charge in [-0.3, -0.25) is 4.79 Å². The molecule has 7 nitrogen and oxygen atoms in total. The number of rotatable bonds is 4. The Morgan fingerprint density at radius 2 is 2.39 bits per heavy atom. The molecule has 0 aliphatic carbocycles. The Labute approximate surface area is 133 Å². The molecule has 1 aliphatic heterocycles. The van der Waals surface area contributed by atoms with E-state index < -0.39 is 0 Å². The Balaban J connectivity index is 1.78. The van der Waals surface area contributed by atoms with Gasteiger partial charge in [0.05, 0.1) is 36.4 Å². The Kier molecular flexibility index (Phi) is 4.35. The van der Waals surface area contributed by atoms with E-state index in [2.05, 4.69) is 21.5 Å². The molecule has 0 radical (unpaired) electrons. The zero-order chi connectivity index (χ0) is 16.2. The van der Waals surface area contributed by atoms with Crippen LogP contribution in [0.4, 0.5) is 0 Å². The second-order valence-electron chi connectivity index (χ2n) is 5.52. The minimum atomic E-state index is -0.105. The maximum Gasteiger partial charge on any atom is 0.253 e. The standard InChI is InChI=1S/C16H17N5O2/c1-23-15-10-21(9-13(15)14-8-18-20-19-14)16(22)12-4-2-3-11(7-12)5-6-17/h2-4,7-8,13,15H,5,9-10H2,1H3,(H,18,19,20)/t13-,15+/m0/s1. The maximum atomic E-state index is 12.7. The number of H-pyrrole nitrogens is 1. The minimum Gasteiger partial charge on any atom is -0.379 e. The predicted octanol–water partition coefficient (Wildman–Crippen LogP) is 1.13. The van der Waals surface area contributed by atoms with E-state index in [9.17, 15) is 4.79 Å². The number of likely N-dealkylation sites (tertiary alicyclic amines) is 1. The predicted molar refractivity (Wildman–Crippen MR) is 81.6 cm³/mol. The average Bonchev–Trinajstić information content (AvgIpc) is 3.23. The van der Waals surface area contributed by atoms with Gasteiger partial charge in [0.15, 0.2) is 0 Å². The van der Waals surface area contributed by atoms with Gasteiger partial charge in [-0.15, -0.1) is 0 Å². The second kappa shape index (κ2) is 6.58. The first kappa shape index (κ1) is 15.2. The molecule has 3 rings (SSSR count). The molecule has 1 amide bonds. The highest BCUT2D eigenvalue weighted by molar-refractivity contribution is 5.94. The third-order valence-corrected chi connectivity index (χ3v) is 4.13. The molecular weight excluding hydrogens is 294 g/mol. The van der Waals surface area contributed by atoms with E-state index in [-0.39, 0.29) is 17.9 Å². The van der Waals surface area contributed by atoms with Crippen molar-refractivity contribution in [3.05, 3.63) is 47.3 Å². The van der Waals surface area contributed by atoms with E-state index in [1.807, 2.05) is 6.07 Å². The smallest absolute Gasteiger partial charge is 0.253 e. The summed E-state index contributed by atoms with van der Waals surface area (Å²) in [6.45, 7) is 1.04. The quantitative estimate of drug-likeness (QED) is 0.913. The fourth-order valence-electron chi connectivity index (χ4n) is 2.94. The molecule has 2 atom stereocenters. The fraction of sp³-hybridized carbons (Fsp3) is 0.375. The van der Waals surface area contributed by atoms with E-state index in [0.29, 0.717) is 25.1 Å². The van der Waals surface area contributed by atoms with Crippen molar-refractivity contribution < 1.29 is 9.53 Å². The highest BCUT2D eigenvalue weighted by Gasteiger charge is 2.38. The van der Waals surface area contributed by atoms with Crippen LogP contribution >= 0.6 is 0 Å². The zero-order valence-corrected chi connectivity index (χ0v) is 12.8. The molecular formula is C16H17N5O2. The molecule has 0 saturated carbocycles. The monoisotopic (exact) mass is 311 g/mol. The molecule has 1 fully saturated rings. The van der Waals surface area contributed by atoms with E-state index >= 15 is 0 Å². The summed E-state index contributed by atoms with van der Waals surface area (Å²) < 4.78 is 5.51. The number of aromatic nitrogens is 3. The van der Waals surface area contributed by atoms with Crippen LogP contribution in [-0.2, 0) is 11.2 Å². The number of nitriles is 1. The molecule has 1 aromatic heterocycles. The minimum absolute atomic E-state index is 0.00462. The van der Waals surface area contributed by atoms with E-state index in [4.69, 9.17) is 10.00 Å². The van der Waals surface area contributed by atoms with Crippen LogP contribution in [0.5, 0.6) is 0 Å². The van der Waals surface area contributed by atoms with Crippen LogP contribution in [0.2, 0.25) is 0 Å². The highest BCUT2D eigenvalue weighted by atomic mass is 16.5. The lowest BCUT2D eigenvalue weighted by atomic mass is 10.0. The molecule has 2 aromatic rings. The molecule has 0 unspecified atom stereocenters. The normalized spacial score (nSPS) is 20.4. The fourth-order valence-corrected chi connectivity index (χ4v) is 2.94. The maximum absolute atomic E-state index is 12.7. The van der Waals surface area contributed by atoms with Gasteiger partial charge >= 0.3 is 0 Å².